The van der Waals surface area contributed by atoms with E-state index in [9.17, 15) is 0 Å². The van der Waals surface area contributed by atoms with E-state index in [1.165, 1.54) is 0 Å². The van der Waals surface area contributed by atoms with Crippen molar-refractivity contribution < 1.29 is 0 Å². The van der Waals surface area contributed by atoms with E-state index in [1.807, 2.05) is 36.4 Å². The molecule has 0 saturated heterocycles. The molecule has 0 aliphatic heterocycles. The van der Waals surface area contributed by atoms with Crippen molar-refractivity contribution >= 4 is 11.6 Å². The first-order valence-corrected chi connectivity index (χ1v) is 4.32. The Bertz CT molecular complexity index is 286. The summed E-state index contributed by atoms with van der Waals surface area (Å²) in [4.78, 5) is 0. The standard InChI is InChI=1S/C6H6.C4H5ClN2/c1-2-4-6-5-3-1;1-7-4(5)2-3-6-7/h1-6H;2-3H,1H3. The molecule has 0 aliphatic carbocycles. The number of hydrogen-bond donors (Lipinski definition) is 0. The van der Waals surface area contributed by atoms with Crippen LogP contribution in [0.4, 0.5) is 0 Å². The van der Waals surface area contributed by atoms with Crippen molar-refractivity contribution in [2.75, 3.05) is 0 Å². The molecule has 68 valence electrons. The molecule has 0 saturated carbocycles. The molecule has 2 aromatic rings. The van der Waals surface area contributed by atoms with Gasteiger partial charge >= 0.3 is 0 Å². The van der Waals surface area contributed by atoms with Crippen molar-refractivity contribution in [1.29, 1.82) is 0 Å². The average Bonchev–Trinajstić information content (AvgIpc) is 2.55. The second-order valence-corrected chi connectivity index (χ2v) is 2.82. The summed E-state index contributed by atoms with van der Waals surface area (Å²) in [6, 6.07) is 13.7. The predicted octanol–water partition coefficient (Wildman–Crippen LogP) is 2.76. The van der Waals surface area contributed by atoms with Gasteiger partial charge in [-0.15, -0.1) is 0 Å². The second-order valence-electron chi connectivity index (χ2n) is 2.43. The van der Waals surface area contributed by atoms with Crippen LogP contribution in [0.2, 0.25) is 5.15 Å². The Morgan fingerprint density at radius 3 is 1.69 bits per heavy atom. The summed E-state index contributed by atoms with van der Waals surface area (Å²) in [6.45, 7) is 0. The lowest BCUT2D eigenvalue weighted by Gasteiger charge is -1.84. The van der Waals surface area contributed by atoms with Gasteiger partial charge in [0.2, 0.25) is 0 Å². The molecule has 0 N–H and O–H groups in total. The van der Waals surface area contributed by atoms with Gasteiger partial charge in [0.05, 0.1) is 6.20 Å². The fraction of sp³-hybridized carbons (Fsp3) is 0.100. The van der Waals surface area contributed by atoms with Gasteiger partial charge in [-0.25, -0.2) is 0 Å². The van der Waals surface area contributed by atoms with Gasteiger partial charge in [0.25, 0.3) is 0 Å². The fourth-order valence-electron chi connectivity index (χ4n) is 0.743. The molecule has 0 radical (unpaired) electrons. The maximum atomic E-state index is 5.52. The van der Waals surface area contributed by atoms with E-state index in [0.717, 1.165) is 0 Å². The molecule has 0 amide bonds. The number of aromatic nitrogens is 2. The lowest BCUT2D eigenvalue weighted by Crippen LogP contribution is -1.86. The molecule has 0 spiro atoms. The van der Waals surface area contributed by atoms with Crippen molar-refractivity contribution in [2.24, 2.45) is 7.05 Å². The first kappa shape index (κ1) is 9.81. The maximum Gasteiger partial charge on any atom is 0.126 e. The molecule has 0 unspecified atom stereocenters. The van der Waals surface area contributed by atoms with Gasteiger partial charge in [-0.1, -0.05) is 48.0 Å². The SMILES string of the molecule is Cn1nccc1Cl.c1ccccc1. The van der Waals surface area contributed by atoms with Crippen LogP contribution in [0.25, 0.3) is 0 Å². The Balaban J connectivity index is 0.000000132. The monoisotopic (exact) mass is 194 g/mol. The fourth-order valence-corrected chi connectivity index (χ4v) is 0.843. The Morgan fingerprint density at radius 2 is 1.54 bits per heavy atom. The summed E-state index contributed by atoms with van der Waals surface area (Å²) in [6.07, 6.45) is 1.66. The maximum absolute atomic E-state index is 5.52. The van der Waals surface area contributed by atoms with E-state index in [0.29, 0.717) is 5.15 Å². The largest absolute Gasteiger partial charge is 0.257 e. The summed E-state index contributed by atoms with van der Waals surface area (Å²) in [5, 5.41) is 4.47. The zero-order valence-corrected chi connectivity index (χ0v) is 8.15. The van der Waals surface area contributed by atoms with Gasteiger partial charge in [0.1, 0.15) is 5.15 Å². The minimum absolute atomic E-state index is 0.667. The third-order valence-electron chi connectivity index (χ3n) is 1.43. The number of benzene rings is 1. The van der Waals surface area contributed by atoms with Gasteiger partial charge in [0.15, 0.2) is 0 Å². The van der Waals surface area contributed by atoms with Crippen LogP contribution in [0.5, 0.6) is 0 Å². The van der Waals surface area contributed by atoms with E-state index in [1.54, 1.807) is 24.0 Å². The molecule has 1 heterocycles. The second kappa shape index (κ2) is 5.38. The van der Waals surface area contributed by atoms with Crippen LogP contribution in [0, 0.1) is 0 Å². The Morgan fingerprint density at radius 1 is 1.08 bits per heavy atom. The van der Waals surface area contributed by atoms with E-state index in [2.05, 4.69) is 5.10 Å². The highest BCUT2D eigenvalue weighted by atomic mass is 35.5. The first-order chi connectivity index (χ1) is 6.30. The zero-order chi connectivity index (χ0) is 9.52. The molecule has 0 atom stereocenters. The summed E-state index contributed by atoms with van der Waals surface area (Å²) < 4.78 is 1.60. The summed E-state index contributed by atoms with van der Waals surface area (Å²) in [5.74, 6) is 0. The Labute approximate surface area is 82.8 Å². The summed E-state index contributed by atoms with van der Waals surface area (Å²) >= 11 is 5.52. The van der Waals surface area contributed by atoms with Crippen LogP contribution in [-0.4, -0.2) is 9.78 Å². The molecule has 1 aromatic carbocycles. The Kier molecular flexibility index (Phi) is 4.06. The van der Waals surface area contributed by atoms with Crippen LogP contribution in [-0.2, 0) is 7.05 Å². The van der Waals surface area contributed by atoms with Crippen molar-refractivity contribution in [1.82, 2.24) is 9.78 Å². The molecule has 0 fully saturated rings. The Hall–Kier alpha value is -1.28. The van der Waals surface area contributed by atoms with Crippen LogP contribution in [0.15, 0.2) is 48.7 Å². The van der Waals surface area contributed by atoms with Crippen LogP contribution >= 0.6 is 11.6 Å². The number of nitrogens with zero attached hydrogens (tertiary/aromatic N) is 2. The molecule has 1 aromatic heterocycles. The molecule has 0 aliphatic rings. The lowest BCUT2D eigenvalue weighted by atomic mass is 10.4. The molecule has 2 rings (SSSR count). The quantitative estimate of drug-likeness (QED) is 0.631. The highest BCUT2D eigenvalue weighted by Crippen LogP contribution is 2.01. The molecular weight excluding hydrogens is 184 g/mol. The number of aryl methyl sites for hydroxylation is 1. The topological polar surface area (TPSA) is 17.8 Å². The van der Waals surface area contributed by atoms with Gasteiger partial charge in [0, 0.05) is 7.05 Å². The van der Waals surface area contributed by atoms with E-state index in [-0.39, 0.29) is 0 Å². The van der Waals surface area contributed by atoms with Gasteiger partial charge in [-0.05, 0) is 6.07 Å². The molecule has 13 heavy (non-hydrogen) atoms. The van der Waals surface area contributed by atoms with E-state index < -0.39 is 0 Å². The van der Waals surface area contributed by atoms with Crippen LogP contribution in [0.3, 0.4) is 0 Å². The minimum Gasteiger partial charge on any atom is -0.257 e. The number of halogens is 1. The van der Waals surface area contributed by atoms with E-state index in [4.69, 9.17) is 11.6 Å². The van der Waals surface area contributed by atoms with Gasteiger partial charge in [-0.3, -0.25) is 4.68 Å². The van der Waals surface area contributed by atoms with Crippen molar-refractivity contribution in [2.45, 2.75) is 0 Å². The van der Waals surface area contributed by atoms with Crippen molar-refractivity contribution in [3.05, 3.63) is 53.8 Å². The third kappa shape index (κ3) is 3.76. The molecule has 3 heteroatoms. The first-order valence-electron chi connectivity index (χ1n) is 3.94. The van der Waals surface area contributed by atoms with Crippen LogP contribution in [0.1, 0.15) is 0 Å². The molecule has 0 bridgehead atoms. The third-order valence-corrected chi connectivity index (χ3v) is 1.80. The summed E-state index contributed by atoms with van der Waals surface area (Å²) in [5.41, 5.74) is 0. The van der Waals surface area contributed by atoms with Crippen molar-refractivity contribution in [3.63, 3.8) is 0 Å². The average molecular weight is 195 g/mol. The molecule has 2 nitrogen and oxygen atoms in total. The van der Waals surface area contributed by atoms with Crippen molar-refractivity contribution in [3.8, 4) is 0 Å². The van der Waals surface area contributed by atoms with E-state index >= 15 is 0 Å². The highest BCUT2D eigenvalue weighted by molar-refractivity contribution is 6.29. The number of rotatable bonds is 0. The smallest absolute Gasteiger partial charge is 0.126 e. The lowest BCUT2D eigenvalue weighted by molar-refractivity contribution is 0.768. The number of hydrogen-bond acceptors (Lipinski definition) is 1. The molecular formula is C10H11ClN2. The zero-order valence-electron chi connectivity index (χ0n) is 7.39. The van der Waals surface area contributed by atoms with Gasteiger partial charge in [-0.2, -0.15) is 5.10 Å². The van der Waals surface area contributed by atoms with Gasteiger partial charge < -0.3 is 0 Å². The minimum atomic E-state index is 0.667. The summed E-state index contributed by atoms with van der Waals surface area (Å²) in [7, 11) is 1.79. The van der Waals surface area contributed by atoms with Crippen LogP contribution < -0.4 is 0 Å². The normalized spacial score (nSPS) is 8.77. The predicted molar refractivity (Wildman–Crippen MR) is 54.7 cm³/mol. The highest BCUT2D eigenvalue weighted by Gasteiger charge is 1.86.